The van der Waals surface area contributed by atoms with Crippen LogP contribution in [0, 0.1) is 12.7 Å². The number of carbonyl (C=O) groups is 1. The number of carbonyl (C=O) groups excluding carboxylic acids is 1. The summed E-state index contributed by atoms with van der Waals surface area (Å²) in [4.78, 5) is 16.3. The molecule has 0 bridgehead atoms. The second-order valence-corrected chi connectivity index (χ2v) is 5.83. The summed E-state index contributed by atoms with van der Waals surface area (Å²) in [6, 6.07) is 5.47. The fourth-order valence-electron chi connectivity index (χ4n) is 1.90. The first-order valence-corrected chi connectivity index (χ1v) is 7.58. The second-order valence-electron chi connectivity index (χ2n) is 4.94. The number of hydrogen-bond acceptors (Lipinski definition) is 3. The number of rotatable bonds is 4. The van der Waals surface area contributed by atoms with Crippen LogP contribution in [0.5, 0.6) is 0 Å². The normalized spacial score (nSPS) is 13.5. The van der Waals surface area contributed by atoms with Gasteiger partial charge in [0.05, 0.1) is 12.1 Å². The monoisotopic (exact) mass is 307 g/mol. The molecule has 0 spiro atoms. The Balaban J connectivity index is 1.90. The number of hydrogen-bond donors (Lipinski definition) is 2. The lowest BCUT2D eigenvalue weighted by molar-refractivity contribution is 0.235. The number of benzene rings is 1. The van der Waals surface area contributed by atoms with Crippen LogP contribution < -0.4 is 10.6 Å². The molecule has 0 radical (unpaired) electrons. The van der Waals surface area contributed by atoms with Crippen LogP contribution in [0.2, 0.25) is 0 Å². The Bertz CT molecular complexity index is 612. The Morgan fingerprint density at radius 1 is 1.19 bits per heavy atom. The molecule has 112 valence electrons. The van der Waals surface area contributed by atoms with E-state index in [0.29, 0.717) is 0 Å². The molecule has 1 aromatic heterocycles. The molecule has 4 nitrogen and oxygen atoms in total. The lowest BCUT2D eigenvalue weighted by atomic mass is 10.1. The predicted molar refractivity (Wildman–Crippen MR) is 81.7 cm³/mol. The zero-order chi connectivity index (χ0) is 15.4. The van der Waals surface area contributed by atoms with Gasteiger partial charge >= 0.3 is 6.03 Å². The maximum atomic E-state index is 12.9. The van der Waals surface area contributed by atoms with Crippen LogP contribution in [0.4, 0.5) is 9.18 Å². The van der Waals surface area contributed by atoms with Crippen LogP contribution in [-0.2, 0) is 0 Å². The summed E-state index contributed by atoms with van der Waals surface area (Å²) in [6.07, 6.45) is 0. The first-order chi connectivity index (χ1) is 9.95. The maximum Gasteiger partial charge on any atom is 0.315 e. The Labute approximate surface area is 127 Å². The van der Waals surface area contributed by atoms with Crippen molar-refractivity contribution in [1.29, 1.82) is 0 Å². The van der Waals surface area contributed by atoms with Gasteiger partial charge in [-0.05, 0) is 38.5 Å². The molecule has 0 aliphatic carbocycles. The van der Waals surface area contributed by atoms with E-state index in [-0.39, 0.29) is 23.9 Å². The highest BCUT2D eigenvalue weighted by Gasteiger charge is 2.14. The molecule has 0 saturated heterocycles. The molecule has 2 N–H and O–H groups in total. The highest BCUT2D eigenvalue weighted by molar-refractivity contribution is 7.09. The van der Waals surface area contributed by atoms with Crippen LogP contribution >= 0.6 is 11.3 Å². The van der Waals surface area contributed by atoms with Crippen LogP contribution in [-0.4, -0.2) is 11.0 Å². The molecule has 0 saturated carbocycles. The SMILES string of the molecule is Cc1csc(C(C)NC(=O)NC(C)c2ccc(F)cc2)n1. The summed E-state index contributed by atoms with van der Waals surface area (Å²) in [6.45, 7) is 5.66. The molecule has 0 aliphatic rings. The van der Waals surface area contributed by atoms with Gasteiger partial charge in [-0.2, -0.15) is 0 Å². The van der Waals surface area contributed by atoms with Gasteiger partial charge < -0.3 is 10.6 Å². The highest BCUT2D eigenvalue weighted by atomic mass is 32.1. The van der Waals surface area contributed by atoms with Crippen molar-refractivity contribution in [3.05, 3.63) is 51.7 Å². The molecule has 21 heavy (non-hydrogen) atoms. The van der Waals surface area contributed by atoms with E-state index in [0.717, 1.165) is 16.3 Å². The number of nitrogens with one attached hydrogen (secondary N) is 2. The summed E-state index contributed by atoms with van der Waals surface area (Å²) in [5.41, 5.74) is 1.80. The third-order valence-electron chi connectivity index (χ3n) is 3.07. The molecule has 6 heteroatoms. The van der Waals surface area contributed by atoms with Crippen molar-refractivity contribution in [3.8, 4) is 0 Å². The molecule has 1 heterocycles. The van der Waals surface area contributed by atoms with Crippen molar-refractivity contribution in [2.75, 3.05) is 0 Å². The summed E-state index contributed by atoms with van der Waals surface area (Å²) in [5, 5.41) is 8.50. The zero-order valence-corrected chi connectivity index (χ0v) is 13.0. The molecule has 1 aromatic carbocycles. The molecular formula is C15H18FN3OS. The smallest absolute Gasteiger partial charge is 0.315 e. The van der Waals surface area contributed by atoms with Gasteiger partial charge in [0, 0.05) is 11.1 Å². The third kappa shape index (κ3) is 4.26. The van der Waals surface area contributed by atoms with Gasteiger partial charge in [0.25, 0.3) is 0 Å². The fraction of sp³-hybridized carbons (Fsp3) is 0.333. The van der Waals surface area contributed by atoms with Crippen molar-refractivity contribution in [3.63, 3.8) is 0 Å². The minimum absolute atomic E-state index is 0.149. The number of amides is 2. The van der Waals surface area contributed by atoms with E-state index in [9.17, 15) is 9.18 Å². The summed E-state index contributed by atoms with van der Waals surface area (Å²) in [7, 11) is 0. The van der Waals surface area contributed by atoms with Crippen molar-refractivity contribution in [2.24, 2.45) is 0 Å². The number of nitrogens with zero attached hydrogens (tertiary/aromatic N) is 1. The summed E-state index contributed by atoms with van der Waals surface area (Å²) in [5.74, 6) is -0.289. The highest BCUT2D eigenvalue weighted by Crippen LogP contribution is 2.18. The van der Waals surface area contributed by atoms with Crippen molar-refractivity contribution >= 4 is 17.4 Å². The topological polar surface area (TPSA) is 54.0 Å². The van der Waals surface area contributed by atoms with Gasteiger partial charge in [0.1, 0.15) is 10.8 Å². The van der Waals surface area contributed by atoms with Gasteiger partial charge in [0.2, 0.25) is 0 Å². The van der Waals surface area contributed by atoms with Gasteiger partial charge in [-0.25, -0.2) is 14.2 Å². The number of aromatic nitrogens is 1. The van der Waals surface area contributed by atoms with Crippen molar-refractivity contribution in [2.45, 2.75) is 32.9 Å². The summed E-state index contributed by atoms with van der Waals surface area (Å²) < 4.78 is 12.9. The van der Waals surface area contributed by atoms with Gasteiger partial charge in [-0.3, -0.25) is 0 Å². The van der Waals surface area contributed by atoms with Gasteiger partial charge in [-0.1, -0.05) is 12.1 Å². The van der Waals surface area contributed by atoms with E-state index in [4.69, 9.17) is 0 Å². The lowest BCUT2D eigenvalue weighted by Gasteiger charge is -2.17. The standard InChI is InChI=1S/C15H18FN3OS/c1-9-8-21-14(17-9)11(3)19-15(20)18-10(2)12-4-6-13(16)7-5-12/h4-8,10-11H,1-3H3,(H2,18,19,20). The Morgan fingerprint density at radius 3 is 2.38 bits per heavy atom. The number of thiazole rings is 1. The molecular weight excluding hydrogens is 289 g/mol. The van der Waals surface area contributed by atoms with E-state index in [1.165, 1.54) is 23.5 Å². The number of urea groups is 1. The van der Waals surface area contributed by atoms with Gasteiger partial charge in [0.15, 0.2) is 0 Å². The van der Waals surface area contributed by atoms with Crippen LogP contribution in [0.3, 0.4) is 0 Å². The zero-order valence-electron chi connectivity index (χ0n) is 12.2. The Morgan fingerprint density at radius 2 is 1.81 bits per heavy atom. The van der Waals surface area contributed by atoms with Crippen LogP contribution in [0.25, 0.3) is 0 Å². The second kappa shape index (κ2) is 6.67. The molecule has 2 unspecified atom stereocenters. The largest absolute Gasteiger partial charge is 0.332 e. The minimum atomic E-state index is -0.289. The van der Waals surface area contributed by atoms with Crippen LogP contribution in [0.1, 0.15) is 42.2 Å². The number of aryl methyl sites for hydroxylation is 1. The average molecular weight is 307 g/mol. The van der Waals surface area contributed by atoms with E-state index in [1.54, 1.807) is 12.1 Å². The van der Waals surface area contributed by atoms with Crippen molar-refractivity contribution in [1.82, 2.24) is 15.6 Å². The van der Waals surface area contributed by atoms with E-state index in [1.807, 2.05) is 26.2 Å². The molecule has 2 atom stereocenters. The van der Waals surface area contributed by atoms with E-state index >= 15 is 0 Å². The van der Waals surface area contributed by atoms with Gasteiger partial charge in [-0.15, -0.1) is 11.3 Å². The molecule has 2 aromatic rings. The van der Waals surface area contributed by atoms with Crippen LogP contribution in [0.15, 0.2) is 29.6 Å². The molecule has 0 aliphatic heterocycles. The summed E-state index contributed by atoms with van der Waals surface area (Å²) >= 11 is 1.52. The first kappa shape index (κ1) is 15.4. The van der Waals surface area contributed by atoms with E-state index < -0.39 is 0 Å². The number of halogens is 1. The quantitative estimate of drug-likeness (QED) is 0.904. The average Bonchev–Trinajstić information content (AvgIpc) is 2.86. The molecule has 2 amide bonds. The molecule has 0 fully saturated rings. The predicted octanol–water partition coefficient (Wildman–Crippen LogP) is 3.71. The minimum Gasteiger partial charge on any atom is -0.332 e. The lowest BCUT2D eigenvalue weighted by Crippen LogP contribution is -2.38. The maximum absolute atomic E-state index is 12.9. The third-order valence-corrected chi connectivity index (χ3v) is 4.22. The van der Waals surface area contributed by atoms with Crippen molar-refractivity contribution < 1.29 is 9.18 Å². The molecule has 2 rings (SSSR count). The van der Waals surface area contributed by atoms with E-state index in [2.05, 4.69) is 15.6 Å². The Hall–Kier alpha value is -1.95. The Kier molecular flexibility index (Phi) is 4.90. The fourth-order valence-corrected chi connectivity index (χ4v) is 2.71. The first-order valence-electron chi connectivity index (χ1n) is 6.70.